The van der Waals surface area contributed by atoms with E-state index in [0.717, 1.165) is 0 Å². The van der Waals surface area contributed by atoms with Crippen LogP contribution in [0.1, 0.15) is 54.4 Å². The highest BCUT2D eigenvalue weighted by Crippen LogP contribution is 2.22. The maximum absolute atomic E-state index is 11.9. The third-order valence-electron chi connectivity index (χ3n) is 3.29. The van der Waals surface area contributed by atoms with Crippen molar-refractivity contribution in [1.82, 2.24) is 4.90 Å². The smallest absolute Gasteiger partial charge is 0.320 e. The summed E-state index contributed by atoms with van der Waals surface area (Å²) in [5, 5.41) is 9.27. The molecular formula is C14H27NO3. The van der Waals surface area contributed by atoms with Crippen LogP contribution in [0.3, 0.4) is 0 Å². The van der Waals surface area contributed by atoms with Crippen molar-refractivity contribution in [3.8, 4) is 0 Å². The van der Waals surface area contributed by atoms with Gasteiger partial charge in [0, 0.05) is 17.4 Å². The van der Waals surface area contributed by atoms with Crippen LogP contribution in [-0.2, 0) is 9.59 Å². The molecule has 1 N–H and O–H groups in total. The molecule has 0 amide bonds. The van der Waals surface area contributed by atoms with Crippen molar-refractivity contribution in [2.45, 2.75) is 66.0 Å². The Labute approximate surface area is 110 Å². The van der Waals surface area contributed by atoms with Crippen molar-refractivity contribution in [1.29, 1.82) is 0 Å². The van der Waals surface area contributed by atoms with Gasteiger partial charge >= 0.3 is 5.97 Å². The number of rotatable bonds is 5. The van der Waals surface area contributed by atoms with E-state index in [1.165, 1.54) is 0 Å². The highest BCUT2D eigenvalue weighted by Gasteiger charge is 2.32. The Kier molecular flexibility index (Phi) is 5.54. The molecule has 4 heteroatoms. The van der Waals surface area contributed by atoms with Crippen LogP contribution in [0.2, 0.25) is 0 Å². The first-order valence-corrected chi connectivity index (χ1v) is 6.36. The summed E-state index contributed by atoms with van der Waals surface area (Å²) in [6, 6.07) is -0.615. The van der Waals surface area contributed by atoms with Crippen LogP contribution in [0, 0.1) is 5.41 Å². The number of carboxylic acid groups (broad SMARTS) is 1. The lowest BCUT2D eigenvalue weighted by atomic mass is 9.87. The van der Waals surface area contributed by atoms with Crippen molar-refractivity contribution >= 4 is 11.8 Å². The van der Waals surface area contributed by atoms with Crippen LogP contribution in [0.25, 0.3) is 0 Å². The van der Waals surface area contributed by atoms with E-state index in [-0.39, 0.29) is 11.3 Å². The first kappa shape index (κ1) is 17.1. The van der Waals surface area contributed by atoms with E-state index in [9.17, 15) is 14.7 Å². The summed E-state index contributed by atoms with van der Waals surface area (Å²) >= 11 is 0. The van der Waals surface area contributed by atoms with E-state index in [2.05, 4.69) is 0 Å². The Morgan fingerprint density at radius 1 is 1.11 bits per heavy atom. The van der Waals surface area contributed by atoms with Gasteiger partial charge in [-0.15, -0.1) is 0 Å². The summed E-state index contributed by atoms with van der Waals surface area (Å²) in [6.45, 7) is 11.5. The van der Waals surface area contributed by atoms with Crippen LogP contribution >= 0.6 is 0 Å². The Morgan fingerprint density at radius 3 is 1.83 bits per heavy atom. The first-order valence-electron chi connectivity index (χ1n) is 6.36. The van der Waals surface area contributed by atoms with Gasteiger partial charge in [0.25, 0.3) is 0 Å². The van der Waals surface area contributed by atoms with Gasteiger partial charge in [-0.25, -0.2) is 0 Å². The highest BCUT2D eigenvalue weighted by molar-refractivity contribution is 5.84. The number of ketones is 1. The van der Waals surface area contributed by atoms with E-state index in [4.69, 9.17) is 0 Å². The zero-order valence-electron chi connectivity index (χ0n) is 12.7. The van der Waals surface area contributed by atoms with Gasteiger partial charge < -0.3 is 5.11 Å². The fourth-order valence-electron chi connectivity index (χ4n) is 1.59. The van der Waals surface area contributed by atoms with E-state index in [1.54, 1.807) is 7.05 Å². The number of hydrogen-bond donors (Lipinski definition) is 1. The number of Topliss-reactive ketones (excluding diaryl/α,β-unsaturated/α-hetero) is 1. The predicted molar refractivity (Wildman–Crippen MR) is 72.6 cm³/mol. The van der Waals surface area contributed by atoms with Crippen molar-refractivity contribution in [2.24, 2.45) is 5.41 Å². The average molecular weight is 257 g/mol. The maximum Gasteiger partial charge on any atom is 0.320 e. The minimum Gasteiger partial charge on any atom is -0.480 e. The van der Waals surface area contributed by atoms with E-state index in [1.807, 2.05) is 46.4 Å². The van der Waals surface area contributed by atoms with Gasteiger partial charge in [0.2, 0.25) is 0 Å². The lowest BCUT2D eigenvalue weighted by Crippen LogP contribution is -2.49. The standard InChI is InChI=1S/C14H27NO3/c1-13(2,3)11(16)9-8-10(12(17)18)15(7)14(4,5)6/h10H,8-9H2,1-7H3,(H,17,18). The number of carboxylic acids is 1. The number of carbonyl (C=O) groups excluding carboxylic acids is 1. The summed E-state index contributed by atoms with van der Waals surface area (Å²) in [6.07, 6.45) is 0.667. The molecule has 1 unspecified atom stereocenters. The fourth-order valence-corrected chi connectivity index (χ4v) is 1.59. The SMILES string of the molecule is CN(C(CCC(=O)C(C)(C)C)C(=O)O)C(C)(C)C. The molecule has 0 aliphatic carbocycles. The second-order valence-corrected chi connectivity index (χ2v) is 6.85. The number of carbonyl (C=O) groups is 2. The lowest BCUT2D eigenvalue weighted by molar-refractivity contribution is -0.145. The Bertz CT molecular complexity index is 310. The van der Waals surface area contributed by atoms with E-state index >= 15 is 0 Å². The normalized spacial score (nSPS) is 14.7. The fraction of sp³-hybridized carbons (Fsp3) is 0.857. The molecular weight excluding hydrogens is 230 g/mol. The second kappa shape index (κ2) is 5.83. The van der Waals surface area contributed by atoms with Gasteiger partial charge in [0.15, 0.2) is 0 Å². The third kappa shape index (κ3) is 5.17. The molecule has 1 atom stereocenters. The van der Waals surface area contributed by atoms with Gasteiger partial charge in [-0.05, 0) is 34.2 Å². The minimum atomic E-state index is -0.867. The second-order valence-electron chi connectivity index (χ2n) is 6.85. The molecule has 18 heavy (non-hydrogen) atoms. The molecule has 4 nitrogen and oxygen atoms in total. The molecule has 0 fully saturated rings. The predicted octanol–water partition coefficient (Wildman–Crippen LogP) is 2.57. The van der Waals surface area contributed by atoms with Gasteiger partial charge in [-0.3, -0.25) is 14.5 Å². The average Bonchev–Trinajstić information content (AvgIpc) is 2.13. The highest BCUT2D eigenvalue weighted by atomic mass is 16.4. The van der Waals surface area contributed by atoms with Crippen LogP contribution in [0.5, 0.6) is 0 Å². The van der Waals surface area contributed by atoms with Crippen LogP contribution in [0.15, 0.2) is 0 Å². The van der Waals surface area contributed by atoms with Gasteiger partial charge in [-0.1, -0.05) is 20.8 Å². The zero-order valence-corrected chi connectivity index (χ0v) is 12.7. The molecule has 0 heterocycles. The quantitative estimate of drug-likeness (QED) is 0.822. The van der Waals surface area contributed by atoms with Crippen molar-refractivity contribution in [3.05, 3.63) is 0 Å². The largest absolute Gasteiger partial charge is 0.480 e. The monoisotopic (exact) mass is 257 g/mol. The number of aliphatic carboxylic acids is 1. The molecule has 106 valence electrons. The topological polar surface area (TPSA) is 57.6 Å². The first-order chi connectivity index (χ1) is 7.87. The van der Waals surface area contributed by atoms with Gasteiger partial charge in [0.1, 0.15) is 11.8 Å². The summed E-state index contributed by atoms with van der Waals surface area (Å²) in [5.41, 5.74) is -0.628. The molecule has 0 bridgehead atoms. The summed E-state index contributed by atoms with van der Waals surface area (Å²) in [4.78, 5) is 25.0. The summed E-state index contributed by atoms with van der Waals surface area (Å²) in [7, 11) is 1.79. The number of nitrogens with zero attached hydrogens (tertiary/aromatic N) is 1. The Balaban J connectivity index is 4.68. The molecule has 0 rings (SSSR count). The number of likely N-dealkylation sites (N-methyl/N-ethyl adjacent to an activating group) is 1. The van der Waals surface area contributed by atoms with Gasteiger partial charge in [0.05, 0.1) is 0 Å². The van der Waals surface area contributed by atoms with Gasteiger partial charge in [-0.2, -0.15) is 0 Å². The minimum absolute atomic E-state index is 0.107. The van der Waals surface area contributed by atoms with Crippen molar-refractivity contribution < 1.29 is 14.7 Å². The van der Waals surface area contributed by atoms with Crippen LogP contribution in [-0.4, -0.2) is 40.4 Å². The zero-order chi connectivity index (χ0) is 14.7. The molecule has 0 aliphatic heterocycles. The molecule has 0 saturated carbocycles. The van der Waals surface area contributed by atoms with Crippen LogP contribution in [0.4, 0.5) is 0 Å². The lowest BCUT2D eigenvalue weighted by Gasteiger charge is -2.36. The molecule has 0 aromatic carbocycles. The summed E-state index contributed by atoms with van der Waals surface area (Å²) < 4.78 is 0. The molecule has 0 radical (unpaired) electrons. The molecule has 0 spiro atoms. The van der Waals surface area contributed by atoms with E-state index < -0.39 is 17.4 Å². The van der Waals surface area contributed by atoms with Crippen LogP contribution < -0.4 is 0 Å². The molecule has 0 aromatic rings. The van der Waals surface area contributed by atoms with Crippen molar-refractivity contribution in [3.63, 3.8) is 0 Å². The number of hydrogen-bond acceptors (Lipinski definition) is 3. The maximum atomic E-state index is 11.9. The third-order valence-corrected chi connectivity index (χ3v) is 3.29. The molecule has 0 aromatic heterocycles. The summed E-state index contributed by atoms with van der Waals surface area (Å²) in [5.74, 6) is -0.759. The van der Waals surface area contributed by atoms with Crippen molar-refractivity contribution in [2.75, 3.05) is 7.05 Å². The Hall–Kier alpha value is -0.900. The molecule has 0 aliphatic rings. The molecule has 0 saturated heterocycles. The van der Waals surface area contributed by atoms with E-state index in [0.29, 0.717) is 12.8 Å². The Morgan fingerprint density at radius 2 is 1.56 bits per heavy atom.